The van der Waals surface area contributed by atoms with E-state index in [0.717, 1.165) is 29.6 Å². The van der Waals surface area contributed by atoms with Crippen molar-refractivity contribution in [2.24, 2.45) is 13.0 Å². The average molecular weight is 254 g/mol. The molecule has 2 heterocycles. The van der Waals surface area contributed by atoms with E-state index < -0.39 is 0 Å². The van der Waals surface area contributed by atoms with Gasteiger partial charge < -0.3 is 5.32 Å². The average Bonchev–Trinajstić information content (AvgIpc) is 3.01. The molecular weight excluding hydrogens is 234 g/mol. The highest BCUT2D eigenvalue weighted by atomic mass is 35.5. The van der Waals surface area contributed by atoms with Crippen molar-refractivity contribution in [3.63, 3.8) is 0 Å². The molecule has 1 saturated heterocycles. The van der Waals surface area contributed by atoms with Gasteiger partial charge in [-0.15, -0.1) is 0 Å². The molecule has 1 aliphatic heterocycles. The second-order valence-corrected chi connectivity index (χ2v) is 5.99. The maximum absolute atomic E-state index is 6.37. The number of halogens is 1. The molecular formula is C13H20ClN3. The Morgan fingerprint density at radius 1 is 1.53 bits per heavy atom. The van der Waals surface area contributed by atoms with Gasteiger partial charge in [-0.1, -0.05) is 11.6 Å². The van der Waals surface area contributed by atoms with Crippen LogP contribution in [0.25, 0.3) is 0 Å². The van der Waals surface area contributed by atoms with Crippen LogP contribution in [0.1, 0.15) is 37.1 Å². The van der Waals surface area contributed by atoms with E-state index in [1.54, 1.807) is 0 Å². The van der Waals surface area contributed by atoms with Crippen molar-refractivity contribution < 1.29 is 0 Å². The molecule has 1 aliphatic carbocycles. The van der Waals surface area contributed by atoms with Gasteiger partial charge in [0.15, 0.2) is 0 Å². The van der Waals surface area contributed by atoms with Crippen molar-refractivity contribution in [3.05, 3.63) is 16.4 Å². The molecule has 0 bridgehead atoms. The van der Waals surface area contributed by atoms with E-state index in [1.807, 2.05) is 18.7 Å². The van der Waals surface area contributed by atoms with Crippen LogP contribution in [-0.4, -0.2) is 21.9 Å². The minimum atomic E-state index is 0.309. The van der Waals surface area contributed by atoms with E-state index in [4.69, 9.17) is 11.6 Å². The Labute approximate surface area is 108 Å². The molecule has 0 amide bonds. The van der Waals surface area contributed by atoms with Crippen molar-refractivity contribution >= 4 is 11.6 Å². The van der Waals surface area contributed by atoms with Crippen LogP contribution in [-0.2, 0) is 13.5 Å². The highest BCUT2D eigenvalue weighted by Crippen LogP contribution is 2.46. The molecule has 94 valence electrons. The van der Waals surface area contributed by atoms with Gasteiger partial charge in [0.25, 0.3) is 0 Å². The lowest BCUT2D eigenvalue weighted by Gasteiger charge is -2.30. The fourth-order valence-corrected chi connectivity index (χ4v) is 3.51. The highest BCUT2D eigenvalue weighted by molar-refractivity contribution is 6.31. The molecule has 17 heavy (non-hydrogen) atoms. The summed E-state index contributed by atoms with van der Waals surface area (Å²) in [4.78, 5) is 0. The molecule has 0 aromatic carbocycles. The topological polar surface area (TPSA) is 29.9 Å². The second-order valence-electron chi connectivity index (χ2n) is 5.61. The molecule has 2 fully saturated rings. The molecule has 2 aliphatic rings. The molecule has 1 N–H and O–H groups in total. The van der Waals surface area contributed by atoms with Gasteiger partial charge in [0.05, 0.1) is 16.4 Å². The Balaban J connectivity index is 1.89. The fraction of sp³-hybridized carbons (Fsp3) is 0.769. The summed E-state index contributed by atoms with van der Waals surface area (Å²) in [5.74, 6) is 0.858. The number of hydrogen-bond donors (Lipinski definition) is 1. The van der Waals surface area contributed by atoms with Gasteiger partial charge >= 0.3 is 0 Å². The van der Waals surface area contributed by atoms with Crippen molar-refractivity contribution in [3.8, 4) is 0 Å². The third-order valence-corrected chi connectivity index (χ3v) is 4.87. The van der Waals surface area contributed by atoms with Crippen LogP contribution in [0, 0.1) is 12.8 Å². The van der Waals surface area contributed by atoms with Crippen LogP contribution in [0.4, 0.5) is 0 Å². The molecule has 1 aromatic heterocycles. The summed E-state index contributed by atoms with van der Waals surface area (Å²) >= 11 is 6.37. The minimum Gasteiger partial charge on any atom is -0.311 e. The number of hydrogen-bond acceptors (Lipinski definition) is 2. The van der Waals surface area contributed by atoms with Crippen LogP contribution >= 0.6 is 11.6 Å². The quantitative estimate of drug-likeness (QED) is 0.897. The van der Waals surface area contributed by atoms with Crippen molar-refractivity contribution in [1.82, 2.24) is 15.1 Å². The molecule has 1 unspecified atom stereocenters. The van der Waals surface area contributed by atoms with Crippen LogP contribution in [0.5, 0.6) is 0 Å². The van der Waals surface area contributed by atoms with Gasteiger partial charge in [0.1, 0.15) is 0 Å². The van der Waals surface area contributed by atoms with Gasteiger partial charge in [-0.05, 0) is 45.1 Å². The van der Waals surface area contributed by atoms with Crippen LogP contribution in [0.3, 0.4) is 0 Å². The first kappa shape index (κ1) is 11.5. The minimum absolute atomic E-state index is 0.309. The zero-order valence-corrected chi connectivity index (χ0v) is 11.3. The highest BCUT2D eigenvalue weighted by Gasteiger charge is 2.47. The molecule has 3 nitrogen and oxygen atoms in total. The lowest BCUT2D eigenvalue weighted by atomic mass is 9.86. The van der Waals surface area contributed by atoms with Crippen LogP contribution in [0.15, 0.2) is 0 Å². The number of aromatic nitrogens is 2. The maximum Gasteiger partial charge on any atom is 0.0847 e. The first-order valence-electron chi connectivity index (χ1n) is 6.55. The Morgan fingerprint density at radius 3 is 2.76 bits per heavy atom. The molecule has 1 atom stereocenters. The monoisotopic (exact) mass is 253 g/mol. The van der Waals surface area contributed by atoms with E-state index in [-0.39, 0.29) is 0 Å². The van der Waals surface area contributed by atoms with Gasteiger partial charge in [0, 0.05) is 19.0 Å². The lowest BCUT2D eigenvalue weighted by Crippen LogP contribution is -2.44. The predicted octanol–water partition coefficient (Wildman–Crippen LogP) is 2.46. The number of nitrogens with one attached hydrogen (secondary N) is 1. The van der Waals surface area contributed by atoms with Crippen molar-refractivity contribution in [2.75, 3.05) is 6.54 Å². The summed E-state index contributed by atoms with van der Waals surface area (Å²) < 4.78 is 1.96. The molecule has 0 spiro atoms. The molecule has 0 radical (unpaired) electrons. The standard InChI is InChI=1S/C13H20ClN3/c1-9-12(14)11(17(2)16-9)8-13(10-4-5-10)6-3-7-15-13/h10,15H,3-8H2,1-2H3. The number of aryl methyl sites for hydroxylation is 2. The Morgan fingerprint density at radius 2 is 2.29 bits per heavy atom. The summed E-state index contributed by atoms with van der Waals surface area (Å²) in [6.07, 6.45) is 6.37. The van der Waals surface area contributed by atoms with E-state index in [9.17, 15) is 0 Å². The van der Waals surface area contributed by atoms with Gasteiger partial charge in [-0.25, -0.2) is 0 Å². The van der Waals surface area contributed by atoms with Crippen LogP contribution in [0.2, 0.25) is 5.02 Å². The summed E-state index contributed by atoms with van der Waals surface area (Å²) in [5.41, 5.74) is 2.46. The summed E-state index contributed by atoms with van der Waals surface area (Å²) in [6, 6.07) is 0. The Bertz CT molecular complexity index is 428. The summed E-state index contributed by atoms with van der Waals surface area (Å²) in [6.45, 7) is 3.14. The number of nitrogens with zero attached hydrogens (tertiary/aromatic N) is 2. The molecule has 1 aromatic rings. The molecule has 1 saturated carbocycles. The second kappa shape index (κ2) is 3.99. The predicted molar refractivity (Wildman–Crippen MR) is 69.4 cm³/mol. The zero-order chi connectivity index (χ0) is 12.0. The number of rotatable bonds is 3. The van der Waals surface area contributed by atoms with Gasteiger partial charge in [-0.3, -0.25) is 4.68 Å². The van der Waals surface area contributed by atoms with E-state index in [2.05, 4.69) is 10.4 Å². The van der Waals surface area contributed by atoms with Crippen LogP contribution < -0.4 is 5.32 Å². The molecule has 3 rings (SSSR count). The lowest BCUT2D eigenvalue weighted by molar-refractivity contribution is 0.316. The van der Waals surface area contributed by atoms with E-state index in [0.29, 0.717) is 5.54 Å². The SMILES string of the molecule is Cc1nn(C)c(CC2(C3CC3)CCCN2)c1Cl. The summed E-state index contributed by atoms with van der Waals surface area (Å²) in [7, 11) is 2.00. The summed E-state index contributed by atoms with van der Waals surface area (Å²) in [5, 5.41) is 9.03. The molecule has 4 heteroatoms. The maximum atomic E-state index is 6.37. The van der Waals surface area contributed by atoms with E-state index >= 15 is 0 Å². The third kappa shape index (κ3) is 1.89. The Kier molecular flexibility index (Phi) is 2.71. The third-order valence-electron chi connectivity index (χ3n) is 4.38. The smallest absolute Gasteiger partial charge is 0.0847 e. The first-order valence-corrected chi connectivity index (χ1v) is 6.93. The van der Waals surface area contributed by atoms with Crippen molar-refractivity contribution in [2.45, 2.75) is 44.6 Å². The normalized spacial score (nSPS) is 28.9. The van der Waals surface area contributed by atoms with Gasteiger partial charge in [0.2, 0.25) is 0 Å². The Hall–Kier alpha value is -0.540. The zero-order valence-electron chi connectivity index (χ0n) is 10.6. The van der Waals surface area contributed by atoms with Gasteiger partial charge in [-0.2, -0.15) is 5.10 Å². The first-order chi connectivity index (χ1) is 8.12. The largest absolute Gasteiger partial charge is 0.311 e. The fourth-order valence-electron chi connectivity index (χ4n) is 3.28. The van der Waals surface area contributed by atoms with Crippen molar-refractivity contribution in [1.29, 1.82) is 0 Å². The van der Waals surface area contributed by atoms with E-state index in [1.165, 1.54) is 31.4 Å².